The molecule has 0 amide bonds. The van der Waals surface area contributed by atoms with E-state index in [9.17, 15) is 4.79 Å². The summed E-state index contributed by atoms with van der Waals surface area (Å²) < 4.78 is 0. The smallest absolute Gasteiger partial charge is 0.133 e. The Morgan fingerprint density at radius 2 is 2.00 bits per heavy atom. The number of Topliss-reactive ketones (excluding diaryl/α,β-unsaturated/α-hetero) is 1. The summed E-state index contributed by atoms with van der Waals surface area (Å²) in [5.41, 5.74) is 1.36. The van der Waals surface area contributed by atoms with Crippen LogP contribution in [0.15, 0.2) is 11.6 Å². The van der Waals surface area contributed by atoms with Gasteiger partial charge in [-0.1, -0.05) is 11.6 Å². The van der Waals surface area contributed by atoms with Gasteiger partial charge in [-0.25, -0.2) is 0 Å². The highest BCUT2D eigenvalue weighted by molar-refractivity contribution is 5.79. The van der Waals surface area contributed by atoms with Gasteiger partial charge in [0.15, 0.2) is 0 Å². The van der Waals surface area contributed by atoms with Gasteiger partial charge < -0.3 is 0 Å². The fourth-order valence-electron chi connectivity index (χ4n) is 1.84. The van der Waals surface area contributed by atoms with E-state index in [2.05, 4.69) is 31.9 Å². The van der Waals surface area contributed by atoms with Crippen LogP contribution >= 0.6 is 0 Å². The Balaban J connectivity index is 2.34. The first kappa shape index (κ1) is 11.4. The number of hydrogen-bond donors (Lipinski definition) is 0. The molecule has 0 unspecified atom stereocenters. The molecule has 0 aliphatic heterocycles. The zero-order valence-corrected chi connectivity index (χ0v) is 9.55. The normalized spacial score (nSPS) is 18.7. The number of nitrogens with zero attached hydrogens (tertiary/aromatic N) is 1. The standard InChI is InChI=1S/C12H21NO/c1-10(2)8-9-13(3)11-4-6-12(14)7-5-11/h8,11H,4-7,9H2,1-3H3. The molecule has 0 N–H and O–H groups in total. The third-order valence-electron chi connectivity index (χ3n) is 2.92. The maximum atomic E-state index is 11.1. The van der Waals surface area contributed by atoms with E-state index in [0.717, 1.165) is 32.2 Å². The molecule has 0 radical (unpaired) electrons. The Bertz CT molecular complexity index is 218. The van der Waals surface area contributed by atoms with Gasteiger partial charge in [0, 0.05) is 25.4 Å². The summed E-state index contributed by atoms with van der Waals surface area (Å²) in [7, 11) is 2.15. The second kappa shape index (κ2) is 5.30. The van der Waals surface area contributed by atoms with Crippen molar-refractivity contribution in [3.8, 4) is 0 Å². The molecule has 0 heterocycles. The fourth-order valence-corrected chi connectivity index (χ4v) is 1.84. The van der Waals surface area contributed by atoms with Gasteiger partial charge in [-0.2, -0.15) is 0 Å². The van der Waals surface area contributed by atoms with Crippen LogP contribution in [-0.2, 0) is 4.79 Å². The van der Waals surface area contributed by atoms with Crippen molar-refractivity contribution >= 4 is 5.78 Å². The summed E-state index contributed by atoms with van der Waals surface area (Å²) in [6.45, 7) is 5.26. The van der Waals surface area contributed by atoms with E-state index in [1.165, 1.54) is 5.57 Å². The molecule has 0 aromatic rings. The van der Waals surface area contributed by atoms with Crippen molar-refractivity contribution in [3.05, 3.63) is 11.6 Å². The van der Waals surface area contributed by atoms with Crippen molar-refractivity contribution in [2.45, 2.75) is 45.6 Å². The van der Waals surface area contributed by atoms with Gasteiger partial charge in [-0.05, 0) is 33.7 Å². The summed E-state index contributed by atoms with van der Waals surface area (Å²) in [5, 5.41) is 0. The Morgan fingerprint density at radius 1 is 1.43 bits per heavy atom. The molecule has 1 saturated carbocycles. The number of rotatable bonds is 3. The first-order valence-electron chi connectivity index (χ1n) is 5.45. The van der Waals surface area contributed by atoms with Crippen LogP contribution in [0.25, 0.3) is 0 Å². The van der Waals surface area contributed by atoms with Crippen molar-refractivity contribution in [1.82, 2.24) is 4.90 Å². The summed E-state index contributed by atoms with van der Waals surface area (Å²) in [6.07, 6.45) is 5.90. The molecule has 0 aromatic carbocycles. The predicted molar refractivity (Wildman–Crippen MR) is 59.3 cm³/mol. The van der Waals surface area contributed by atoms with Gasteiger partial charge >= 0.3 is 0 Å². The Kier molecular flexibility index (Phi) is 4.33. The average Bonchev–Trinajstić information content (AvgIpc) is 2.15. The summed E-state index contributed by atoms with van der Waals surface area (Å²) in [5.74, 6) is 0.442. The maximum Gasteiger partial charge on any atom is 0.133 e. The first-order chi connectivity index (χ1) is 6.59. The van der Waals surface area contributed by atoms with Gasteiger partial charge in [-0.3, -0.25) is 9.69 Å². The van der Waals surface area contributed by atoms with Crippen molar-refractivity contribution in [2.75, 3.05) is 13.6 Å². The minimum Gasteiger partial charge on any atom is -0.300 e. The average molecular weight is 195 g/mol. The lowest BCUT2D eigenvalue weighted by Crippen LogP contribution is -2.35. The lowest BCUT2D eigenvalue weighted by atomic mass is 9.93. The number of likely N-dealkylation sites (N-methyl/N-ethyl adjacent to an activating group) is 1. The number of carbonyl (C=O) groups excluding carboxylic acids is 1. The van der Waals surface area contributed by atoms with Crippen LogP contribution in [-0.4, -0.2) is 30.3 Å². The summed E-state index contributed by atoms with van der Waals surface area (Å²) >= 11 is 0. The third-order valence-corrected chi connectivity index (χ3v) is 2.92. The van der Waals surface area contributed by atoms with Crippen LogP contribution in [0, 0.1) is 0 Å². The lowest BCUT2D eigenvalue weighted by Gasteiger charge is -2.29. The van der Waals surface area contributed by atoms with Gasteiger partial charge in [0.1, 0.15) is 5.78 Å². The van der Waals surface area contributed by atoms with Crippen LogP contribution in [0.2, 0.25) is 0 Å². The van der Waals surface area contributed by atoms with E-state index in [1.54, 1.807) is 0 Å². The Morgan fingerprint density at radius 3 is 2.50 bits per heavy atom. The van der Waals surface area contributed by atoms with E-state index in [4.69, 9.17) is 0 Å². The molecule has 1 aliphatic carbocycles. The summed E-state index contributed by atoms with van der Waals surface area (Å²) in [4.78, 5) is 13.4. The quantitative estimate of drug-likeness (QED) is 0.644. The molecule has 2 nitrogen and oxygen atoms in total. The second-order valence-electron chi connectivity index (χ2n) is 4.49. The highest BCUT2D eigenvalue weighted by atomic mass is 16.1. The number of hydrogen-bond acceptors (Lipinski definition) is 2. The fraction of sp³-hybridized carbons (Fsp3) is 0.750. The van der Waals surface area contributed by atoms with Crippen LogP contribution in [0.1, 0.15) is 39.5 Å². The molecule has 14 heavy (non-hydrogen) atoms. The van der Waals surface area contributed by atoms with E-state index in [1.807, 2.05) is 0 Å². The zero-order chi connectivity index (χ0) is 10.6. The molecular weight excluding hydrogens is 174 g/mol. The SMILES string of the molecule is CC(C)=CCN(C)C1CCC(=O)CC1. The van der Waals surface area contributed by atoms with Gasteiger partial charge in [0.25, 0.3) is 0 Å². The topological polar surface area (TPSA) is 20.3 Å². The Labute approximate surface area is 87.0 Å². The number of allylic oxidation sites excluding steroid dienone is 1. The van der Waals surface area contributed by atoms with E-state index < -0.39 is 0 Å². The number of carbonyl (C=O) groups is 1. The van der Waals surface area contributed by atoms with Crippen molar-refractivity contribution in [1.29, 1.82) is 0 Å². The molecule has 0 spiro atoms. The van der Waals surface area contributed by atoms with E-state index >= 15 is 0 Å². The van der Waals surface area contributed by atoms with Gasteiger partial charge in [0.05, 0.1) is 0 Å². The van der Waals surface area contributed by atoms with Crippen molar-refractivity contribution < 1.29 is 4.79 Å². The van der Waals surface area contributed by atoms with E-state index in [0.29, 0.717) is 11.8 Å². The third kappa shape index (κ3) is 3.62. The maximum absolute atomic E-state index is 11.1. The molecule has 1 fully saturated rings. The van der Waals surface area contributed by atoms with Gasteiger partial charge in [0.2, 0.25) is 0 Å². The van der Waals surface area contributed by atoms with Crippen molar-refractivity contribution in [2.24, 2.45) is 0 Å². The first-order valence-corrected chi connectivity index (χ1v) is 5.45. The Hall–Kier alpha value is -0.630. The zero-order valence-electron chi connectivity index (χ0n) is 9.55. The summed E-state index contributed by atoms with van der Waals surface area (Å²) in [6, 6.07) is 0.614. The molecule has 0 aromatic heterocycles. The highest BCUT2D eigenvalue weighted by Crippen LogP contribution is 2.19. The minimum absolute atomic E-state index is 0.442. The molecule has 80 valence electrons. The molecular formula is C12H21NO. The van der Waals surface area contributed by atoms with Crippen LogP contribution in [0.5, 0.6) is 0 Å². The van der Waals surface area contributed by atoms with Crippen LogP contribution in [0.3, 0.4) is 0 Å². The predicted octanol–water partition coefficient (Wildman–Crippen LogP) is 2.40. The number of ketones is 1. The highest BCUT2D eigenvalue weighted by Gasteiger charge is 2.21. The molecule has 2 heteroatoms. The van der Waals surface area contributed by atoms with Crippen LogP contribution in [0.4, 0.5) is 0 Å². The molecule has 0 bridgehead atoms. The molecule has 0 atom stereocenters. The largest absolute Gasteiger partial charge is 0.300 e. The van der Waals surface area contributed by atoms with Gasteiger partial charge in [-0.15, -0.1) is 0 Å². The second-order valence-corrected chi connectivity index (χ2v) is 4.49. The lowest BCUT2D eigenvalue weighted by molar-refractivity contribution is -0.121. The van der Waals surface area contributed by atoms with Crippen LogP contribution < -0.4 is 0 Å². The van der Waals surface area contributed by atoms with E-state index in [-0.39, 0.29) is 0 Å². The minimum atomic E-state index is 0.442. The van der Waals surface area contributed by atoms with Crippen molar-refractivity contribution in [3.63, 3.8) is 0 Å². The molecule has 0 saturated heterocycles. The monoisotopic (exact) mass is 195 g/mol. The molecule has 1 rings (SSSR count). The molecule has 1 aliphatic rings.